The van der Waals surface area contributed by atoms with Gasteiger partial charge in [0.25, 0.3) is 0 Å². The van der Waals surface area contributed by atoms with Crippen molar-refractivity contribution in [2.45, 2.75) is 135 Å². The highest BCUT2D eigenvalue weighted by atomic mass is 16.7. The normalized spacial score (nSPS) is 36.4. The Hall–Kier alpha value is -4.22. The number of ketones is 2. The van der Waals surface area contributed by atoms with Gasteiger partial charge in [0.1, 0.15) is 29.6 Å². The molecule has 2 unspecified atom stereocenters. The average Bonchev–Trinajstić information content (AvgIpc) is 3.77. The average molecular weight is 825 g/mol. The Bertz CT molecular complexity index is 1850. The molecule has 5 rings (SSSR count). The lowest BCUT2D eigenvalue weighted by molar-refractivity contribution is -0.295. The summed E-state index contributed by atoms with van der Waals surface area (Å²) < 4.78 is 32.8. The minimum Gasteiger partial charge on any atom is -0.458 e. The summed E-state index contributed by atoms with van der Waals surface area (Å²) >= 11 is 0. The largest absolute Gasteiger partial charge is 0.458 e. The Kier molecular flexibility index (Phi) is 14.4. The lowest BCUT2D eigenvalue weighted by Gasteiger charge is -2.47. The minimum atomic E-state index is -1.45. The highest BCUT2D eigenvalue weighted by Gasteiger charge is 2.60. The Morgan fingerprint density at radius 3 is 2.37 bits per heavy atom. The van der Waals surface area contributed by atoms with Crippen molar-refractivity contribution in [2.75, 3.05) is 33.5 Å². The van der Waals surface area contributed by atoms with E-state index in [1.807, 2.05) is 50.2 Å². The van der Waals surface area contributed by atoms with Crippen LogP contribution in [0, 0.1) is 23.7 Å². The standard InChI is InChI=1S/C43H64N6O10/c1-12-33-43(8)37(49(41(54)59-43)19-14-13-18-48-23-31(45-46-48)29-16-15-17-30(44)21-29)26(4)34(50)24(2)22-42(7,55-11)38(27(5)35(51)28(6)39(53)57-33)58-40-36(52)32(47(9)10)20-25(3)56-40/h13-17,21,23-28,32-33,36-38,40,52H,12,18-20,22,44H2,1-11H3/b14-13+/t24-,25-,26+,27+,28+,32?,33-,36?,37-,38-,40+,42-,43-/m1/s1. The summed E-state index contributed by atoms with van der Waals surface area (Å²) in [5.41, 5.74) is 5.30. The van der Waals surface area contributed by atoms with Gasteiger partial charge in [-0.05, 0) is 73.2 Å². The molecule has 3 aliphatic heterocycles. The quantitative estimate of drug-likeness (QED) is 0.149. The summed E-state index contributed by atoms with van der Waals surface area (Å²) in [4.78, 5) is 60.2. The van der Waals surface area contributed by atoms with Crippen molar-refractivity contribution >= 4 is 29.3 Å². The minimum absolute atomic E-state index is 0.0838. The summed E-state index contributed by atoms with van der Waals surface area (Å²) in [6, 6.07) is 6.20. The number of aliphatic hydroxyl groups excluding tert-OH is 1. The number of carbonyl (C=O) groups excluding carboxylic acids is 4. The molecule has 16 heteroatoms. The van der Waals surface area contributed by atoms with E-state index in [-0.39, 0.29) is 37.3 Å². The highest BCUT2D eigenvalue weighted by Crippen LogP contribution is 2.43. The zero-order valence-electron chi connectivity index (χ0n) is 36.4. The number of hydrogen-bond donors (Lipinski definition) is 2. The number of aliphatic hydroxyl groups is 1. The number of amides is 1. The van der Waals surface area contributed by atoms with E-state index in [4.69, 9.17) is 29.4 Å². The molecule has 1 aromatic carbocycles. The highest BCUT2D eigenvalue weighted by molar-refractivity contribution is 6.00. The number of methoxy groups -OCH3 is 1. The maximum Gasteiger partial charge on any atom is 0.411 e. The maximum atomic E-state index is 14.7. The first-order chi connectivity index (χ1) is 27.8. The first-order valence-electron chi connectivity index (χ1n) is 20.6. The van der Waals surface area contributed by atoms with Crippen LogP contribution < -0.4 is 5.73 Å². The van der Waals surface area contributed by atoms with E-state index >= 15 is 0 Å². The number of likely N-dealkylation sites (N-methyl/N-ethyl adjacent to an activating group) is 1. The van der Waals surface area contributed by atoms with Crippen LogP contribution in [0.15, 0.2) is 42.6 Å². The van der Waals surface area contributed by atoms with Crippen LogP contribution in [0.1, 0.15) is 74.7 Å². The summed E-state index contributed by atoms with van der Waals surface area (Å²) in [6.07, 6.45) is 1.14. The van der Waals surface area contributed by atoms with Gasteiger partial charge in [-0.1, -0.05) is 57.2 Å². The van der Waals surface area contributed by atoms with E-state index in [1.165, 1.54) is 18.9 Å². The number of rotatable bonds is 10. The number of cyclic esters (lactones) is 1. The zero-order valence-corrected chi connectivity index (χ0v) is 36.4. The van der Waals surface area contributed by atoms with Gasteiger partial charge in [0.05, 0.1) is 36.6 Å². The van der Waals surface area contributed by atoms with Crippen LogP contribution in [-0.4, -0.2) is 135 Å². The fourth-order valence-corrected chi connectivity index (χ4v) is 9.26. The van der Waals surface area contributed by atoms with Crippen molar-refractivity contribution in [1.82, 2.24) is 24.8 Å². The predicted molar refractivity (Wildman–Crippen MR) is 219 cm³/mol. The first-order valence-corrected chi connectivity index (χ1v) is 20.6. The molecule has 1 amide bonds. The Morgan fingerprint density at radius 1 is 1.03 bits per heavy atom. The maximum absolute atomic E-state index is 14.7. The third-order valence-corrected chi connectivity index (χ3v) is 12.6. The Morgan fingerprint density at radius 2 is 1.73 bits per heavy atom. The van der Waals surface area contributed by atoms with Crippen molar-refractivity contribution in [3.63, 3.8) is 0 Å². The molecule has 59 heavy (non-hydrogen) atoms. The van der Waals surface area contributed by atoms with Crippen LogP contribution in [0.4, 0.5) is 10.5 Å². The van der Waals surface area contributed by atoms with Gasteiger partial charge >= 0.3 is 12.1 Å². The van der Waals surface area contributed by atoms with Crippen molar-refractivity contribution in [1.29, 1.82) is 0 Å². The number of aromatic nitrogens is 3. The van der Waals surface area contributed by atoms with Crippen LogP contribution in [0.2, 0.25) is 0 Å². The van der Waals surface area contributed by atoms with E-state index in [0.717, 1.165) is 5.56 Å². The van der Waals surface area contributed by atoms with E-state index < -0.39 is 83.4 Å². The molecule has 3 aliphatic rings. The molecule has 0 radical (unpaired) electrons. The zero-order chi connectivity index (χ0) is 43.6. The fourth-order valence-electron chi connectivity index (χ4n) is 9.26. The molecule has 4 heterocycles. The molecule has 16 nitrogen and oxygen atoms in total. The number of nitrogens with zero attached hydrogens (tertiary/aromatic N) is 5. The van der Waals surface area contributed by atoms with Gasteiger partial charge in [-0.3, -0.25) is 19.3 Å². The number of nitrogens with two attached hydrogens (primary N) is 1. The van der Waals surface area contributed by atoms with Crippen molar-refractivity contribution in [3.05, 3.63) is 42.6 Å². The summed E-state index contributed by atoms with van der Waals surface area (Å²) in [5, 5.41) is 19.9. The molecule has 3 fully saturated rings. The topological polar surface area (TPSA) is 198 Å². The summed E-state index contributed by atoms with van der Waals surface area (Å²) in [6.45, 7) is 14.2. The number of esters is 1. The van der Waals surface area contributed by atoms with Gasteiger partial charge in [-0.15, -0.1) is 5.10 Å². The van der Waals surface area contributed by atoms with Crippen LogP contribution in [0.5, 0.6) is 0 Å². The number of Topliss-reactive ketones (excluding diaryl/α,β-unsaturated/α-hetero) is 2. The van der Waals surface area contributed by atoms with Crippen LogP contribution in [0.3, 0.4) is 0 Å². The number of hydrogen-bond acceptors (Lipinski definition) is 14. The summed E-state index contributed by atoms with van der Waals surface area (Å²) in [5.74, 6) is -5.15. The van der Waals surface area contributed by atoms with Crippen molar-refractivity contribution in [3.8, 4) is 11.3 Å². The van der Waals surface area contributed by atoms with Crippen molar-refractivity contribution in [2.24, 2.45) is 23.7 Å². The van der Waals surface area contributed by atoms with Gasteiger partial charge in [0.15, 0.2) is 17.7 Å². The number of allylic oxidation sites excluding steroid dienone is 1. The molecule has 3 saturated heterocycles. The summed E-state index contributed by atoms with van der Waals surface area (Å²) in [7, 11) is 5.21. The molecule has 3 N–H and O–H groups in total. The Balaban J connectivity index is 1.46. The number of anilines is 1. The SMILES string of the molecule is CC[C@H]1OC(=O)[C@@H](C)C(=O)[C@H](C)[C@@H](O[C@@H]2O[C@H](C)CC(N(C)C)C2O)[C@](C)(OC)C[C@@H](C)C(=O)[C@H](C)[C@H]2N(C/C=C/Cn3cc(-c4cccc(N)c4)nn3)C(=O)O[C@]12C. The second kappa shape index (κ2) is 18.6. The smallest absolute Gasteiger partial charge is 0.411 e. The lowest BCUT2D eigenvalue weighted by Crippen LogP contribution is -2.60. The predicted octanol–water partition coefficient (Wildman–Crippen LogP) is 4.29. The van der Waals surface area contributed by atoms with Crippen LogP contribution >= 0.6 is 0 Å². The monoisotopic (exact) mass is 824 g/mol. The molecular weight excluding hydrogens is 761 g/mol. The van der Waals surface area contributed by atoms with Gasteiger partial charge < -0.3 is 39.4 Å². The van der Waals surface area contributed by atoms with Gasteiger partial charge in [0.2, 0.25) is 0 Å². The number of fused-ring (bicyclic) bond motifs is 1. The molecule has 0 bridgehead atoms. The molecule has 1 aromatic heterocycles. The molecule has 0 saturated carbocycles. The number of carbonyl (C=O) groups is 4. The molecule has 326 valence electrons. The molecule has 2 aromatic rings. The van der Waals surface area contributed by atoms with E-state index in [9.17, 15) is 24.3 Å². The second-order valence-corrected chi connectivity index (χ2v) is 17.3. The van der Waals surface area contributed by atoms with Gasteiger partial charge in [0, 0.05) is 48.7 Å². The van der Waals surface area contributed by atoms with Crippen LogP contribution in [-0.2, 0) is 44.6 Å². The molecule has 0 spiro atoms. The fraction of sp³-hybridized carbons (Fsp3) is 0.674. The lowest BCUT2D eigenvalue weighted by atomic mass is 9.73. The molecule has 13 atom stereocenters. The second-order valence-electron chi connectivity index (χ2n) is 17.3. The van der Waals surface area contributed by atoms with E-state index in [1.54, 1.807) is 64.6 Å². The van der Waals surface area contributed by atoms with Gasteiger partial charge in [-0.2, -0.15) is 0 Å². The van der Waals surface area contributed by atoms with E-state index in [2.05, 4.69) is 10.3 Å². The molecular formula is C43H64N6O10. The molecule has 0 aliphatic carbocycles. The van der Waals surface area contributed by atoms with Crippen molar-refractivity contribution < 1.29 is 48.0 Å². The number of nitrogen functional groups attached to an aromatic ring is 1. The van der Waals surface area contributed by atoms with Crippen LogP contribution in [0.25, 0.3) is 11.3 Å². The van der Waals surface area contributed by atoms with E-state index in [0.29, 0.717) is 24.3 Å². The van der Waals surface area contributed by atoms with Gasteiger partial charge in [-0.25, -0.2) is 9.48 Å². The number of benzene rings is 1. The third-order valence-electron chi connectivity index (χ3n) is 12.6. The first kappa shape index (κ1) is 45.9. The third kappa shape index (κ3) is 9.57. The Labute approximate surface area is 347 Å². The number of ether oxygens (including phenoxy) is 5.